The number of nitrogens with zero attached hydrogens (tertiary/aromatic N) is 4. The number of aliphatic imine (C=N–C) groups is 1. The molecule has 0 radical (unpaired) electrons. The summed E-state index contributed by atoms with van der Waals surface area (Å²) >= 11 is 0. The lowest BCUT2D eigenvalue weighted by Crippen LogP contribution is -2.56. The van der Waals surface area contributed by atoms with Crippen LogP contribution in [0.2, 0.25) is 0 Å². The van der Waals surface area contributed by atoms with Crippen molar-refractivity contribution in [2.75, 3.05) is 32.7 Å². The van der Waals surface area contributed by atoms with E-state index >= 15 is 0 Å². The Bertz CT molecular complexity index is 867. The van der Waals surface area contributed by atoms with Crippen molar-refractivity contribution in [3.63, 3.8) is 0 Å². The van der Waals surface area contributed by atoms with Gasteiger partial charge in [0, 0.05) is 32.2 Å². The molecule has 1 saturated heterocycles. The second kappa shape index (κ2) is 8.11. The van der Waals surface area contributed by atoms with E-state index in [1.165, 1.54) is 23.6 Å². The first kappa shape index (κ1) is 20.4. The van der Waals surface area contributed by atoms with Crippen LogP contribution in [-0.2, 0) is 10.0 Å². The van der Waals surface area contributed by atoms with E-state index in [0.29, 0.717) is 23.3 Å². The summed E-state index contributed by atoms with van der Waals surface area (Å²) in [5.74, 6) is 0.948. The van der Waals surface area contributed by atoms with Gasteiger partial charge in [0.05, 0.1) is 17.5 Å². The topological polar surface area (TPSA) is 56.2 Å². The fourth-order valence-electron chi connectivity index (χ4n) is 4.27. The highest BCUT2D eigenvalue weighted by atomic mass is 32.2. The lowest BCUT2D eigenvalue weighted by molar-refractivity contribution is 0.0833. The maximum atomic E-state index is 13.4. The molecule has 1 atom stereocenters. The maximum Gasteiger partial charge on any atom is 0.266 e. The smallest absolute Gasteiger partial charge is 0.266 e. The molecule has 3 aliphatic rings. The molecule has 6 nitrogen and oxygen atoms in total. The van der Waals surface area contributed by atoms with E-state index in [0.717, 1.165) is 37.8 Å². The maximum absolute atomic E-state index is 13.4. The highest BCUT2D eigenvalue weighted by molar-refractivity contribution is 7.89. The first-order valence-corrected chi connectivity index (χ1v) is 12.2. The van der Waals surface area contributed by atoms with Crippen molar-refractivity contribution in [3.05, 3.63) is 42.5 Å². The van der Waals surface area contributed by atoms with Gasteiger partial charge in [-0.25, -0.2) is 17.7 Å². The molecule has 2 heterocycles. The van der Waals surface area contributed by atoms with Gasteiger partial charge in [-0.05, 0) is 36.5 Å². The second-order valence-electron chi connectivity index (χ2n) is 8.60. The van der Waals surface area contributed by atoms with Crippen LogP contribution >= 0.6 is 0 Å². The summed E-state index contributed by atoms with van der Waals surface area (Å²) in [6.07, 6.45) is 5.67. The van der Waals surface area contributed by atoms with Gasteiger partial charge in [0.2, 0.25) is 5.96 Å². The fourth-order valence-corrected chi connectivity index (χ4v) is 5.73. The van der Waals surface area contributed by atoms with Gasteiger partial charge < -0.3 is 4.90 Å². The summed E-state index contributed by atoms with van der Waals surface area (Å²) < 4.78 is 28.4. The third kappa shape index (κ3) is 3.94. The molecule has 1 saturated carbocycles. The Balaban J connectivity index is 1.53. The molecule has 158 valence electrons. The number of piperazine rings is 1. The molecule has 1 aromatic carbocycles. The Hall–Kier alpha value is -1.86. The van der Waals surface area contributed by atoms with E-state index in [1.807, 2.05) is 12.1 Å². The number of guanidine groups is 1. The number of rotatable bonds is 5. The van der Waals surface area contributed by atoms with Crippen molar-refractivity contribution in [3.8, 4) is 0 Å². The van der Waals surface area contributed by atoms with Crippen LogP contribution in [0.25, 0.3) is 0 Å². The van der Waals surface area contributed by atoms with Crippen LogP contribution in [0, 0.1) is 0 Å². The lowest BCUT2D eigenvalue weighted by Gasteiger charge is -2.44. The van der Waals surface area contributed by atoms with E-state index in [9.17, 15) is 8.42 Å². The summed E-state index contributed by atoms with van der Waals surface area (Å²) in [5.41, 5.74) is 1.13. The van der Waals surface area contributed by atoms with Crippen LogP contribution in [0.3, 0.4) is 0 Å². The molecule has 0 spiro atoms. The largest absolute Gasteiger partial charge is 0.339 e. The van der Waals surface area contributed by atoms with Crippen LogP contribution in [0.15, 0.2) is 46.8 Å². The Morgan fingerprint density at radius 2 is 1.76 bits per heavy atom. The highest BCUT2D eigenvalue weighted by Crippen LogP contribution is 2.28. The Morgan fingerprint density at radius 3 is 2.28 bits per heavy atom. The Morgan fingerprint density at radius 1 is 1.10 bits per heavy atom. The molecule has 29 heavy (non-hydrogen) atoms. The van der Waals surface area contributed by atoms with Crippen LogP contribution in [0.5, 0.6) is 0 Å². The van der Waals surface area contributed by atoms with Crippen LogP contribution in [0.1, 0.15) is 44.6 Å². The van der Waals surface area contributed by atoms with Crippen molar-refractivity contribution < 1.29 is 8.42 Å². The Labute approximate surface area is 174 Å². The minimum Gasteiger partial charge on any atom is -0.339 e. The molecule has 2 aliphatic heterocycles. The standard InChI is InChI=1S/C22H32N4O2S/c1-4-19-16-26(29(27,28)21-10-8-18(9-11-21)17(2)3)22(23-19)25-14-12-24(13-15-25)20-6-5-7-20/h4,8-11,17,19-20H,1,5-7,12-16H2,2-3H3/t19-/m0/s1. The van der Waals surface area contributed by atoms with E-state index < -0.39 is 10.0 Å². The zero-order valence-electron chi connectivity index (χ0n) is 17.5. The van der Waals surface area contributed by atoms with Gasteiger partial charge in [-0.3, -0.25) is 4.90 Å². The van der Waals surface area contributed by atoms with Gasteiger partial charge in [0.25, 0.3) is 10.0 Å². The fraction of sp³-hybridized carbons (Fsp3) is 0.591. The van der Waals surface area contributed by atoms with Gasteiger partial charge in [-0.2, -0.15) is 0 Å². The molecule has 0 bridgehead atoms. The van der Waals surface area contributed by atoms with E-state index in [1.54, 1.807) is 18.2 Å². The van der Waals surface area contributed by atoms with Gasteiger partial charge in [-0.1, -0.05) is 38.5 Å². The van der Waals surface area contributed by atoms with E-state index in [4.69, 9.17) is 4.99 Å². The third-order valence-corrected chi connectivity index (χ3v) is 8.21. The highest BCUT2D eigenvalue weighted by Gasteiger charge is 2.38. The monoisotopic (exact) mass is 416 g/mol. The molecule has 2 fully saturated rings. The van der Waals surface area contributed by atoms with Crippen molar-refractivity contribution in [1.82, 2.24) is 14.1 Å². The van der Waals surface area contributed by atoms with Crippen molar-refractivity contribution in [2.45, 2.75) is 56.0 Å². The number of hydrogen-bond acceptors (Lipinski definition) is 5. The molecule has 0 aromatic heterocycles. The normalized spacial score (nSPS) is 24.0. The average molecular weight is 417 g/mol. The molecule has 1 aromatic rings. The minimum absolute atomic E-state index is 0.195. The van der Waals surface area contributed by atoms with Gasteiger partial charge in [-0.15, -0.1) is 6.58 Å². The lowest BCUT2D eigenvalue weighted by atomic mass is 9.91. The predicted octanol–water partition coefficient (Wildman–Crippen LogP) is 2.90. The van der Waals surface area contributed by atoms with Gasteiger partial charge >= 0.3 is 0 Å². The summed E-state index contributed by atoms with van der Waals surface area (Å²) in [4.78, 5) is 9.72. The zero-order chi connectivity index (χ0) is 20.6. The molecule has 1 aliphatic carbocycles. The number of benzene rings is 1. The molecular weight excluding hydrogens is 384 g/mol. The van der Waals surface area contributed by atoms with Gasteiger partial charge in [0.15, 0.2) is 0 Å². The van der Waals surface area contributed by atoms with Crippen molar-refractivity contribution >= 4 is 16.0 Å². The molecule has 0 amide bonds. The first-order chi connectivity index (χ1) is 13.9. The summed E-state index contributed by atoms with van der Waals surface area (Å²) in [6.45, 7) is 12.0. The number of hydrogen-bond donors (Lipinski definition) is 0. The molecule has 4 rings (SSSR count). The van der Waals surface area contributed by atoms with Crippen molar-refractivity contribution in [1.29, 1.82) is 0 Å². The molecule has 0 N–H and O–H groups in total. The third-order valence-electron chi connectivity index (χ3n) is 6.45. The predicted molar refractivity (Wildman–Crippen MR) is 117 cm³/mol. The van der Waals surface area contributed by atoms with Gasteiger partial charge in [0.1, 0.15) is 0 Å². The van der Waals surface area contributed by atoms with Crippen molar-refractivity contribution in [2.24, 2.45) is 4.99 Å². The first-order valence-electron chi connectivity index (χ1n) is 10.7. The quantitative estimate of drug-likeness (QED) is 0.693. The molecular formula is C22H32N4O2S. The molecule has 7 heteroatoms. The van der Waals surface area contributed by atoms with E-state index in [2.05, 4.69) is 30.2 Å². The minimum atomic E-state index is -3.65. The summed E-state index contributed by atoms with van der Waals surface area (Å²) in [5, 5.41) is 0. The molecule has 0 unspecified atom stereocenters. The van der Waals surface area contributed by atoms with Crippen LogP contribution in [0.4, 0.5) is 0 Å². The second-order valence-corrected chi connectivity index (χ2v) is 10.5. The zero-order valence-corrected chi connectivity index (χ0v) is 18.3. The van der Waals surface area contributed by atoms with Crippen LogP contribution < -0.4 is 0 Å². The number of sulfonamides is 1. The van der Waals surface area contributed by atoms with E-state index in [-0.39, 0.29) is 6.04 Å². The Kier molecular flexibility index (Phi) is 5.71. The SMILES string of the molecule is C=C[C@H]1CN(S(=O)(=O)c2ccc(C(C)C)cc2)C(N2CCN(C3CCC3)CC2)=N1. The average Bonchev–Trinajstić information content (AvgIpc) is 3.13. The van der Waals surface area contributed by atoms with Crippen LogP contribution in [-0.4, -0.2) is 73.3 Å². The summed E-state index contributed by atoms with van der Waals surface area (Å²) in [7, 11) is -3.65. The summed E-state index contributed by atoms with van der Waals surface area (Å²) in [6, 6.07) is 7.79.